The van der Waals surface area contributed by atoms with E-state index >= 15 is 0 Å². The van der Waals surface area contributed by atoms with Gasteiger partial charge in [-0.3, -0.25) is 9.69 Å². The fourth-order valence-electron chi connectivity index (χ4n) is 4.96. The summed E-state index contributed by atoms with van der Waals surface area (Å²) in [5.74, 6) is 0.0335. The van der Waals surface area contributed by atoms with Crippen LogP contribution < -0.4 is 10.2 Å². The minimum Gasteiger partial charge on any atom is -0.375 e. The van der Waals surface area contributed by atoms with Crippen molar-refractivity contribution in [3.05, 3.63) is 65.7 Å². The number of methoxy groups -OCH3 is 1. The quantitative estimate of drug-likeness (QED) is 0.841. The highest BCUT2D eigenvalue weighted by Crippen LogP contribution is 2.29. The standard InChI is InChI=1S/C25H33N3O2/c1-30-19-25(29)27-15-14-22-11-7-12-23(28(22)18-20-8-3-2-4-9-20)17-26-16-21-10-5-6-13-24(21)27/h2-6,8-10,13,22-23,26H,7,11-12,14-19H2,1H3. The number of carbonyl (C=O) groups excluding carboxylic acids is 1. The number of ether oxygens (including phenoxy) is 1. The second-order valence-electron chi connectivity index (χ2n) is 8.42. The van der Waals surface area contributed by atoms with Gasteiger partial charge in [-0.05, 0) is 36.5 Å². The Kier molecular flexibility index (Phi) is 7.16. The predicted molar refractivity (Wildman–Crippen MR) is 120 cm³/mol. The van der Waals surface area contributed by atoms with E-state index < -0.39 is 0 Å². The van der Waals surface area contributed by atoms with E-state index in [1.807, 2.05) is 11.0 Å². The zero-order valence-electron chi connectivity index (χ0n) is 17.9. The summed E-state index contributed by atoms with van der Waals surface area (Å²) in [5.41, 5.74) is 3.55. The number of hydrogen-bond acceptors (Lipinski definition) is 4. The summed E-state index contributed by atoms with van der Waals surface area (Å²) in [6, 6.07) is 20.0. The highest BCUT2D eigenvalue weighted by molar-refractivity contribution is 5.95. The maximum atomic E-state index is 12.9. The third-order valence-corrected chi connectivity index (χ3v) is 6.45. The summed E-state index contributed by atoms with van der Waals surface area (Å²) in [4.78, 5) is 17.5. The van der Waals surface area contributed by atoms with Crippen molar-refractivity contribution < 1.29 is 9.53 Å². The molecular formula is C25H33N3O2. The van der Waals surface area contributed by atoms with Gasteiger partial charge < -0.3 is 15.0 Å². The Balaban J connectivity index is 1.61. The zero-order valence-corrected chi connectivity index (χ0v) is 17.9. The SMILES string of the molecule is COCC(=O)N1CCC2CCCC(CNCc3ccccc31)N2Cc1ccccc1. The number of anilines is 1. The molecule has 2 unspecified atom stereocenters. The number of fused-ring (bicyclic) bond motifs is 3. The van der Waals surface area contributed by atoms with E-state index in [0.29, 0.717) is 12.1 Å². The van der Waals surface area contributed by atoms with Gasteiger partial charge in [-0.2, -0.15) is 0 Å². The lowest BCUT2D eigenvalue weighted by Gasteiger charge is -2.43. The number of piperidine rings is 1. The largest absolute Gasteiger partial charge is 0.375 e. The van der Waals surface area contributed by atoms with Crippen molar-refractivity contribution in [1.29, 1.82) is 0 Å². The first-order chi connectivity index (χ1) is 14.8. The zero-order chi connectivity index (χ0) is 20.8. The molecule has 1 saturated heterocycles. The molecule has 0 radical (unpaired) electrons. The molecule has 0 spiro atoms. The average molecular weight is 408 g/mol. The molecule has 2 aromatic carbocycles. The summed E-state index contributed by atoms with van der Waals surface area (Å²) in [6.07, 6.45) is 4.65. The van der Waals surface area contributed by atoms with Gasteiger partial charge in [-0.25, -0.2) is 0 Å². The molecule has 0 aliphatic carbocycles. The second-order valence-corrected chi connectivity index (χ2v) is 8.42. The number of carbonyl (C=O) groups is 1. The van der Waals surface area contributed by atoms with Gasteiger partial charge in [-0.1, -0.05) is 55.0 Å². The topological polar surface area (TPSA) is 44.8 Å². The number of nitrogens with zero attached hydrogens (tertiary/aromatic N) is 2. The van der Waals surface area contributed by atoms with Crippen molar-refractivity contribution in [3.63, 3.8) is 0 Å². The molecule has 2 aromatic rings. The lowest BCUT2D eigenvalue weighted by Crippen LogP contribution is -2.51. The molecule has 2 aliphatic heterocycles. The van der Waals surface area contributed by atoms with E-state index in [1.165, 1.54) is 30.4 Å². The number of para-hydroxylation sites is 1. The van der Waals surface area contributed by atoms with Gasteiger partial charge in [0.1, 0.15) is 6.61 Å². The normalized spacial score (nSPS) is 22.8. The number of rotatable bonds is 4. The first-order valence-corrected chi connectivity index (χ1v) is 11.1. The first kappa shape index (κ1) is 21.0. The van der Waals surface area contributed by atoms with Crippen LogP contribution in [0.25, 0.3) is 0 Å². The number of amides is 1. The second kappa shape index (κ2) is 10.2. The molecule has 1 fully saturated rings. The van der Waals surface area contributed by atoms with Crippen molar-refractivity contribution in [1.82, 2.24) is 10.2 Å². The van der Waals surface area contributed by atoms with E-state index in [9.17, 15) is 4.79 Å². The van der Waals surface area contributed by atoms with Gasteiger partial charge in [0.15, 0.2) is 0 Å². The molecule has 160 valence electrons. The number of hydrogen-bond donors (Lipinski definition) is 1. The molecule has 0 aromatic heterocycles. The van der Waals surface area contributed by atoms with Crippen LogP contribution in [0.2, 0.25) is 0 Å². The summed E-state index contributed by atoms with van der Waals surface area (Å²) in [7, 11) is 1.59. The summed E-state index contributed by atoms with van der Waals surface area (Å²) < 4.78 is 5.19. The van der Waals surface area contributed by atoms with Crippen LogP contribution in [0.3, 0.4) is 0 Å². The number of nitrogens with one attached hydrogen (secondary N) is 1. The molecule has 2 aliphatic rings. The Morgan fingerprint density at radius 3 is 2.63 bits per heavy atom. The smallest absolute Gasteiger partial charge is 0.252 e. The maximum absolute atomic E-state index is 12.9. The predicted octanol–water partition coefficient (Wildman–Crippen LogP) is 3.58. The van der Waals surface area contributed by atoms with Crippen molar-refractivity contribution >= 4 is 11.6 Å². The van der Waals surface area contributed by atoms with E-state index in [0.717, 1.165) is 38.3 Å². The summed E-state index contributed by atoms with van der Waals surface area (Å²) in [5, 5.41) is 3.69. The molecule has 2 heterocycles. The first-order valence-electron chi connectivity index (χ1n) is 11.1. The van der Waals surface area contributed by atoms with Crippen molar-refractivity contribution in [3.8, 4) is 0 Å². The fraction of sp³-hybridized carbons (Fsp3) is 0.480. The fourth-order valence-corrected chi connectivity index (χ4v) is 4.96. The molecule has 2 bridgehead atoms. The molecule has 30 heavy (non-hydrogen) atoms. The molecule has 5 heteroatoms. The Hall–Kier alpha value is -2.21. The highest BCUT2D eigenvalue weighted by atomic mass is 16.5. The van der Waals surface area contributed by atoms with Gasteiger partial charge >= 0.3 is 0 Å². The van der Waals surface area contributed by atoms with Crippen LogP contribution in [-0.4, -0.2) is 49.7 Å². The van der Waals surface area contributed by atoms with Crippen LogP contribution in [0, 0.1) is 0 Å². The maximum Gasteiger partial charge on any atom is 0.252 e. The van der Waals surface area contributed by atoms with Gasteiger partial charge in [0, 0.05) is 51.1 Å². The third-order valence-electron chi connectivity index (χ3n) is 6.45. The lowest BCUT2D eigenvalue weighted by molar-refractivity contribution is -0.122. The molecule has 4 rings (SSSR count). The van der Waals surface area contributed by atoms with Crippen LogP contribution in [0.15, 0.2) is 54.6 Å². The van der Waals surface area contributed by atoms with Crippen LogP contribution in [-0.2, 0) is 22.6 Å². The van der Waals surface area contributed by atoms with Crippen molar-refractivity contribution in [2.75, 3.05) is 31.7 Å². The minimum atomic E-state index is 0.0335. The molecule has 1 amide bonds. The van der Waals surface area contributed by atoms with Crippen LogP contribution in [0.1, 0.15) is 36.8 Å². The van der Waals surface area contributed by atoms with Crippen LogP contribution in [0.4, 0.5) is 5.69 Å². The van der Waals surface area contributed by atoms with Crippen molar-refractivity contribution in [2.24, 2.45) is 0 Å². The van der Waals surface area contributed by atoms with Gasteiger partial charge in [0.2, 0.25) is 0 Å². The highest BCUT2D eigenvalue weighted by Gasteiger charge is 2.32. The monoisotopic (exact) mass is 407 g/mol. The van der Waals surface area contributed by atoms with Crippen molar-refractivity contribution in [2.45, 2.75) is 50.9 Å². The minimum absolute atomic E-state index is 0.0335. The van der Waals surface area contributed by atoms with E-state index in [1.54, 1.807) is 7.11 Å². The molecule has 0 saturated carbocycles. The third kappa shape index (κ3) is 4.91. The van der Waals surface area contributed by atoms with Crippen LogP contribution in [0.5, 0.6) is 0 Å². The van der Waals surface area contributed by atoms with Crippen LogP contribution >= 0.6 is 0 Å². The van der Waals surface area contributed by atoms with E-state index in [2.05, 4.69) is 58.7 Å². The molecule has 2 atom stereocenters. The van der Waals surface area contributed by atoms with Gasteiger partial charge in [0.05, 0.1) is 0 Å². The Morgan fingerprint density at radius 2 is 1.80 bits per heavy atom. The van der Waals surface area contributed by atoms with E-state index in [-0.39, 0.29) is 12.5 Å². The Morgan fingerprint density at radius 1 is 1.03 bits per heavy atom. The van der Waals surface area contributed by atoms with E-state index in [4.69, 9.17) is 4.74 Å². The molecule has 1 N–H and O–H groups in total. The Labute approximate surface area is 180 Å². The molecule has 5 nitrogen and oxygen atoms in total. The summed E-state index contributed by atoms with van der Waals surface area (Å²) >= 11 is 0. The van der Waals surface area contributed by atoms with Gasteiger partial charge in [-0.15, -0.1) is 0 Å². The lowest BCUT2D eigenvalue weighted by atomic mass is 9.92. The van der Waals surface area contributed by atoms with Gasteiger partial charge in [0.25, 0.3) is 5.91 Å². The average Bonchev–Trinajstić information content (AvgIpc) is 2.78. The Bertz CT molecular complexity index is 826. The molecular weight excluding hydrogens is 374 g/mol. The summed E-state index contributed by atoms with van der Waals surface area (Å²) in [6.45, 7) is 3.55. The number of benzene rings is 2.